The standard InChI is InChI=1S/C12H19FN2O2/c1-3-16-12(17-4-2)9-14-8-10-6-5-7-11(13)15-10/h5-7,12,14H,3-4,8-9H2,1-2H3. The van der Waals surface area contributed by atoms with E-state index in [0.717, 1.165) is 0 Å². The fraction of sp³-hybridized carbons (Fsp3) is 0.583. The van der Waals surface area contributed by atoms with E-state index >= 15 is 0 Å². The van der Waals surface area contributed by atoms with Gasteiger partial charge in [0, 0.05) is 26.3 Å². The highest BCUT2D eigenvalue weighted by molar-refractivity contribution is 5.04. The summed E-state index contributed by atoms with van der Waals surface area (Å²) in [7, 11) is 0. The fourth-order valence-electron chi connectivity index (χ4n) is 1.40. The van der Waals surface area contributed by atoms with Gasteiger partial charge in [-0.25, -0.2) is 4.98 Å². The molecule has 0 aliphatic carbocycles. The second-order valence-corrected chi connectivity index (χ2v) is 3.42. The average Bonchev–Trinajstić information content (AvgIpc) is 2.30. The summed E-state index contributed by atoms with van der Waals surface area (Å²) in [6.45, 7) is 6.09. The van der Waals surface area contributed by atoms with E-state index in [1.54, 1.807) is 12.1 Å². The molecule has 0 saturated heterocycles. The highest BCUT2D eigenvalue weighted by Gasteiger charge is 2.07. The Labute approximate surface area is 101 Å². The predicted molar refractivity (Wildman–Crippen MR) is 62.9 cm³/mol. The summed E-state index contributed by atoms with van der Waals surface area (Å²) < 4.78 is 23.5. The zero-order valence-corrected chi connectivity index (χ0v) is 10.3. The van der Waals surface area contributed by atoms with Crippen LogP contribution in [0.25, 0.3) is 0 Å². The summed E-state index contributed by atoms with van der Waals surface area (Å²) in [5, 5.41) is 3.12. The molecule has 0 aliphatic heterocycles. The summed E-state index contributed by atoms with van der Waals surface area (Å²) in [6, 6.07) is 4.74. The minimum Gasteiger partial charge on any atom is -0.352 e. The molecule has 0 saturated carbocycles. The first-order valence-electron chi connectivity index (χ1n) is 5.81. The van der Waals surface area contributed by atoms with Crippen molar-refractivity contribution >= 4 is 0 Å². The summed E-state index contributed by atoms with van der Waals surface area (Å²) in [5.41, 5.74) is 0.664. The molecule has 0 fully saturated rings. The van der Waals surface area contributed by atoms with E-state index in [1.807, 2.05) is 13.8 Å². The van der Waals surface area contributed by atoms with Gasteiger partial charge in [0.05, 0.1) is 5.69 Å². The minimum absolute atomic E-state index is 0.265. The summed E-state index contributed by atoms with van der Waals surface area (Å²) in [4.78, 5) is 3.75. The Kier molecular flexibility index (Phi) is 6.69. The van der Waals surface area contributed by atoms with Gasteiger partial charge in [-0.05, 0) is 26.0 Å². The Bertz CT molecular complexity index is 317. The van der Waals surface area contributed by atoms with Crippen LogP contribution >= 0.6 is 0 Å². The second-order valence-electron chi connectivity index (χ2n) is 3.42. The normalized spacial score (nSPS) is 11.1. The van der Waals surface area contributed by atoms with E-state index in [9.17, 15) is 4.39 Å². The summed E-state index contributed by atoms with van der Waals surface area (Å²) >= 11 is 0. The van der Waals surface area contributed by atoms with E-state index in [0.29, 0.717) is 32.0 Å². The number of nitrogens with zero attached hydrogens (tertiary/aromatic N) is 1. The van der Waals surface area contributed by atoms with Crippen LogP contribution in [0.2, 0.25) is 0 Å². The lowest BCUT2D eigenvalue weighted by Gasteiger charge is -2.17. The van der Waals surface area contributed by atoms with Gasteiger partial charge >= 0.3 is 0 Å². The Hall–Kier alpha value is -1.04. The molecule has 1 rings (SSSR count). The molecule has 5 heteroatoms. The largest absolute Gasteiger partial charge is 0.352 e. The molecule has 0 aliphatic rings. The van der Waals surface area contributed by atoms with Crippen LogP contribution in [0.5, 0.6) is 0 Å². The van der Waals surface area contributed by atoms with Crippen molar-refractivity contribution in [2.24, 2.45) is 0 Å². The van der Waals surface area contributed by atoms with E-state index < -0.39 is 5.95 Å². The van der Waals surface area contributed by atoms with Gasteiger partial charge in [0.2, 0.25) is 5.95 Å². The van der Waals surface area contributed by atoms with Crippen LogP contribution in [0.4, 0.5) is 4.39 Å². The SMILES string of the molecule is CCOC(CNCc1cccc(F)n1)OCC. The second kappa shape index (κ2) is 8.11. The molecule has 0 bridgehead atoms. The highest BCUT2D eigenvalue weighted by Crippen LogP contribution is 1.98. The quantitative estimate of drug-likeness (QED) is 0.556. The number of halogens is 1. The molecule has 0 aromatic carbocycles. The lowest BCUT2D eigenvalue weighted by molar-refractivity contribution is -0.133. The first kappa shape index (κ1) is 14.0. The van der Waals surface area contributed by atoms with Crippen molar-refractivity contribution in [3.63, 3.8) is 0 Å². The monoisotopic (exact) mass is 242 g/mol. The van der Waals surface area contributed by atoms with E-state index in [2.05, 4.69) is 10.3 Å². The number of pyridine rings is 1. The van der Waals surface area contributed by atoms with Crippen molar-refractivity contribution in [2.75, 3.05) is 19.8 Å². The van der Waals surface area contributed by atoms with Crippen molar-refractivity contribution in [2.45, 2.75) is 26.7 Å². The number of rotatable bonds is 8. The molecular weight excluding hydrogens is 223 g/mol. The molecule has 17 heavy (non-hydrogen) atoms. The number of ether oxygens (including phenoxy) is 2. The smallest absolute Gasteiger partial charge is 0.213 e. The van der Waals surface area contributed by atoms with Crippen molar-refractivity contribution in [1.82, 2.24) is 10.3 Å². The van der Waals surface area contributed by atoms with Gasteiger partial charge in [-0.1, -0.05) is 6.07 Å². The molecule has 1 aromatic heterocycles. The first-order valence-corrected chi connectivity index (χ1v) is 5.81. The topological polar surface area (TPSA) is 43.4 Å². The van der Waals surface area contributed by atoms with Gasteiger partial charge in [-0.15, -0.1) is 0 Å². The first-order chi connectivity index (χ1) is 8.26. The van der Waals surface area contributed by atoms with E-state index in [-0.39, 0.29) is 6.29 Å². The van der Waals surface area contributed by atoms with Gasteiger partial charge in [0.1, 0.15) is 0 Å². The molecule has 1 heterocycles. The maximum Gasteiger partial charge on any atom is 0.213 e. The lowest BCUT2D eigenvalue weighted by atomic mass is 10.3. The predicted octanol–water partition coefficient (Wildman–Crippen LogP) is 1.71. The van der Waals surface area contributed by atoms with Crippen molar-refractivity contribution in [3.05, 3.63) is 29.8 Å². The summed E-state index contributed by atoms with van der Waals surface area (Å²) in [6.07, 6.45) is -0.265. The molecule has 4 nitrogen and oxygen atoms in total. The Morgan fingerprint density at radius 1 is 1.29 bits per heavy atom. The van der Waals surface area contributed by atoms with Crippen molar-refractivity contribution in [3.8, 4) is 0 Å². The third-order valence-corrected chi connectivity index (χ3v) is 2.10. The third kappa shape index (κ3) is 5.72. The van der Waals surface area contributed by atoms with Crippen LogP contribution in [0, 0.1) is 5.95 Å². The fourth-order valence-corrected chi connectivity index (χ4v) is 1.40. The molecule has 0 radical (unpaired) electrons. The van der Waals surface area contributed by atoms with Crippen LogP contribution in [0.15, 0.2) is 18.2 Å². The molecule has 0 unspecified atom stereocenters. The van der Waals surface area contributed by atoms with Crippen LogP contribution in [-0.2, 0) is 16.0 Å². The molecule has 96 valence electrons. The van der Waals surface area contributed by atoms with Crippen LogP contribution in [0.1, 0.15) is 19.5 Å². The van der Waals surface area contributed by atoms with Crippen LogP contribution in [-0.4, -0.2) is 31.0 Å². The van der Waals surface area contributed by atoms with Gasteiger partial charge in [0.25, 0.3) is 0 Å². The number of hydrogen-bond acceptors (Lipinski definition) is 4. The highest BCUT2D eigenvalue weighted by atomic mass is 19.1. The van der Waals surface area contributed by atoms with Crippen molar-refractivity contribution < 1.29 is 13.9 Å². The molecule has 1 aromatic rings. The maximum atomic E-state index is 12.8. The molecule has 1 N–H and O–H groups in total. The molecule has 0 amide bonds. The Balaban J connectivity index is 2.30. The Morgan fingerprint density at radius 2 is 2.00 bits per heavy atom. The molecule has 0 spiro atoms. The van der Waals surface area contributed by atoms with Gasteiger partial charge in [-0.3, -0.25) is 0 Å². The van der Waals surface area contributed by atoms with Crippen LogP contribution in [0.3, 0.4) is 0 Å². The van der Waals surface area contributed by atoms with E-state index in [1.165, 1.54) is 6.07 Å². The zero-order valence-electron chi connectivity index (χ0n) is 10.3. The van der Waals surface area contributed by atoms with E-state index in [4.69, 9.17) is 9.47 Å². The lowest BCUT2D eigenvalue weighted by Crippen LogP contribution is -2.31. The van der Waals surface area contributed by atoms with Gasteiger partial charge < -0.3 is 14.8 Å². The average molecular weight is 242 g/mol. The third-order valence-electron chi connectivity index (χ3n) is 2.10. The Morgan fingerprint density at radius 3 is 2.59 bits per heavy atom. The van der Waals surface area contributed by atoms with Crippen LogP contribution < -0.4 is 5.32 Å². The minimum atomic E-state index is -0.463. The van der Waals surface area contributed by atoms with Crippen molar-refractivity contribution in [1.29, 1.82) is 0 Å². The number of nitrogens with one attached hydrogen (secondary N) is 1. The maximum absolute atomic E-state index is 12.8. The number of aromatic nitrogens is 1. The van der Waals surface area contributed by atoms with Gasteiger partial charge in [0.15, 0.2) is 6.29 Å². The molecular formula is C12H19FN2O2. The van der Waals surface area contributed by atoms with Gasteiger partial charge in [-0.2, -0.15) is 4.39 Å². The number of hydrogen-bond donors (Lipinski definition) is 1. The summed E-state index contributed by atoms with van der Waals surface area (Å²) in [5.74, 6) is -0.463. The zero-order chi connectivity index (χ0) is 12.5. The molecule has 0 atom stereocenters.